The van der Waals surface area contributed by atoms with Gasteiger partial charge >= 0.3 is 0 Å². The Kier molecular flexibility index (Phi) is 1.76. The van der Waals surface area contributed by atoms with E-state index in [1.807, 2.05) is 30.7 Å². The summed E-state index contributed by atoms with van der Waals surface area (Å²) < 4.78 is 1.94. The highest BCUT2D eigenvalue weighted by Gasteiger charge is 1.95. The number of nitrogens with zero attached hydrogens (tertiary/aromatic N) is 2. The number of rotatable bonds is 1. The van der Waals surface area contributed by atoms with Crippen LogP contribution in [0.25, 0.3) is 0 Å². The van der Waals surface area contributed by atoms with Crippen LogP contribution in [-0.2, 0) is 7.05 Å². The SMILES string of the molecule is Cc1ccc(C=NO)n1C. The molecule has 1 rings (SSSR count). The lowest BCUT2D eigenvalue weighted by molar-refractivity contribution is 0.321. The molecule has 3 nitrogen and oxygen atoms in total. The van der Waals surface area contributed by atoms with Crippen molar-refractivity contribution >= 4 is 6.21 Å². The molecule has 3 heteroatoms. The third-order valence-electron chi connectivity index (χ3n) is 1.60. The largest absolute Gasteiger partial charge is 0.411 e. The molecule has 0 radical (unpaired) electrons. The highest BCUT2D eigenvalue weighted by Crippen LogP contribution is 2.02. The summed E-state index contributed by atoms with van der Waals surface area (Å²) in [6, 6.07) is 3.87. The van der Waals surface area contributed by atoms with Crippen LogP contribution in [0.1, 0.15) is 11.4 Å². The first-order valence-corrected chi connectivity index (χ1v) is 3.05. The molecule has 0 fully saturated rings. The lowest BCUT2D eigenvalue weighted by atomic mass is 10.4. The van der Waals surface area contributed by atoms with Crippen molar-refractivity contribution in [1.82, 2.24) is 4.57 Å². The molecule has 1 heterocycles. The molecule has 0 saturated heterocycles. The molecule has 0 aliphatic heterocycles. The van der Waals surface area contributed by atoms with Gasteiger partial charge in [-0.2, -0.15) is 0 Å². The first-order valence-electron chi connectivity index (χ1n) is 3.05. The van der Waals surface area contributed by atoms with Crippen molar-refractivity contribution in [3.8, 4) is 0 Å². The fourth-order valence-electron chi connectivity index (χ4n) is 0.822. The van der Waals surface area contributed by atoms with E-state index in [1.165, 1.54) is 6.21 Å². The van der Waals surface area contributed by atoms with E-state index in [9.17, 15) is 0 Å². The molecule has 0 atom stereocenters. The molecule has 1 aromatic rings. The first kappa shape index (κ1) is 6.86. The van der Waals surface area contributed by atoms with Crippen molar-refractivity contribution in [3.05, 3.63) is 23.5 Å². The van der Waals surface area contributed by atoms with Crippen LogP contribution < -0.4 is 0 Å². The zero-order chi connectivity index (χ0) is 7.56. The van der Waals surface area contributed by atoms with Gasteiger partial charge in [0.25, 0.3) is 0 Å². The predicted octanol–water partition coefficient (Wildman–Crippen LogP) is 1.14. The molecule has 0 aliphatic rings. The van der Waals surface area contributed by atoms with Gasteiger partial charge < -0.3 is 9.77 Å². The van der Waals surface area contributed by atoms with Gasteiger partial charge in [-0.3, -0.25) is 0 Å². The Bertz CT molecular complexity index is 250. The fourth-order valence-corrected chi connectivity index (χ4v) is 0.822. The number of hydrogen-bond donors (Lipinski definition) is 1. The Balaban J connectivity index is 3.05. The summed E-state index contributed by atoms with van der Waals surface area (Å²) in [5, 5.41) is 11.1. The Labute approximate surface area is 59.6 Å². The van der Waals surface area contributed by atoms with E-state index in [-0.39, 0.29) is 0 Å². The van der Waals surface area contributed by atoms with E-state index in [2.05, 4.69) is 5.16 Å². The van der Waals surface area contributed by atoms with Crippen LogP contribution in [0.5, 0.6) is 0 Å². The van der Waals surface area contributed by atoms with Crippen molar-refractivity contribution < 1.29 is 5.21 Å². The molecule has 0 unspecified atom stereocenters. The van der Waals surface area contributed by atoms with Gasteiger partial charge in [-0.15, -0.1) is 0 Å². The van der Waals surface area contributed by atoms with Gasteiger partial charge in [0, 0.05) is 12.7 Å². The molecule has 0 bridgehead atoms. The zero-order valence-electron chi connectivity index (χ0n) is 6.07. The molecule has 0 saturated carbocycles. The van der Waals surface area contributed by atoms with Crippen molar-refractivity contribution in [2.75, 3.05) is 0 Å². The van der Waals surface area contributed by atoms with Crippen LogP contribution in [0.2, 0.25) is 0 Å². The van der Waals surface area contributed by atoms with Gasteiger partial charge in [0.15, 0.2) is 0 Å². The lowest BCUT2D eigenvalue weighted by Gasteiger charge is -1.96. The molecular formula is C7H10N2O. The van der Waals surface area contributed by atoms with Gasteiger partial charge in [-0.05, 0) is 19.1 Å². The normalized spacial score (nSPS) is 11.0. The van der Waals surface area contributed by atoms with Gasteiger partial charge in [0.05, 0.1) is 11.9 Å². The average Bonchev–Trinajstić information content (AvgIpc) is 2.20. The lowest BCUT2D eigenvalue weighted by Crippen LogP contribution is -1.96. The maximum Gasteiger partial charge on any atom is 0.0898 e. The molecule has 0 aromatic carbocycles. The molecule has 0 spiro atoms. The summed E-state index contributed by atoms with van der Waals surface area (Å²) in [5.74, 6) is 0. The summed E-state index contributed by atoms with van der Waals surface area (Å²) in [5.41, 5.74) is 2.05. The monoisotopic (exact) mass is 138 g/mol. The Morgan fingerprint density at radius 1 is 1.60 bits per heavy atom. The Hall–Kier alpha value is -1.25. The van der Waals surface area contributed by atoms with E-state index in [4.69, 9.17) is 5.21 Å². The van der Waals surface area contributed by atoms with Crippen molar-refractivity contribution in [1.29, 1.82) is 0 Å². The summed E-state index contributed by atoms with van der Waals surface area (Å²) in [4.78, 5) is 0. The zero-order valence-corrected chi connectivity index (χ0v) is 6.07. The summed E-state index contributed by atoms with van der Waals surface area (Å²) in [6.07, 6.45) is 1.41. The van der Waals surface area contributed by atoms with Crippen molar-refractivity contribution in [2.45, 2.75) is 6.92 Å². The third kappa shape index (κ3) is 1.03. The smallest absolute Gasteiger partial charge is 0.0898 e. The maximum absolute atomic E-state index is 8.21. The Morgan fingerprint density at radius 2 is 2.30 bits per heavy atom. The van der Waals surface area contributed by atoms with Gasteiger partial charge in [-0.25, -0.2) is 0 Å². The van der Waals surface area contributed by atoms with Crippen LogP contribution in [-0.4, -0.2) is 16.0 Å². The molecule has 54 valence electrons. The summed E-state index contributed by atoms with van der Waals surface area (Å²) in [7, 11) is 1.92. The number of aryl methyl sites for hydroxylation is 1. The van der Waals surface area contributed by atoms with Crippen LogP contribution in [0.15, 0.2) is 17.3 Å². The highest BCUT2D eigenvalue weighted by atomic mass is 16.4. The topological polar surface area (TPSA) is 37.5 Å². The quantitative estimate of drug-likeness (QED) is 0.352. The van der Waals surface area contributed by atoms with Crippen LogP contribution >= 0.6 is 0 Å². The fraction of sp³-hybridized carbons (Fsp3) is 0.286. The second-order valence-electron chi connectivity index (χ2n) is 2.20. The van der Waals surface area contributed by atoms with Gasteiger partial charge in [0.2, 0.25) is 0 Å². The molecule has 10 heavy (non-hydrogen) atoms. The molecule has 1 N–H and O–H groups in total. The third-order valence-corrected chi connectivity index (χ3v) is 1.60. The predicted molar refractivity (Wildman–Crippen MR) is 39.5 cm³/mol. The molecule has 1 aromatic heterocycles. The van der Waals surface area contributed by atoms with Crippen LogP contribution in [0, 0.1) is 6.92 Å². The Morgan fingerprint density at radius 3 is 2.70 bits per heavy atom. The van der Waals surface area contributed by atoms with Crippen molar-refractivity contribution in [3.63, 3.8) is 0 Å². The average molecular weight is 138 g/mol. The minimum absolute atomic E-state index is 0.903. The van der Waals surface area contributed by atoms with Crippen LogP contribution in [0.4, 0.5) is 0 Å². The summed E-state index contributed by atoms with van der Waals surface area (Å²) >= 11 is 0. The highest BCUT2D eigenvalue weighted by molar-refractivity contribution is 5.77. The second kappa shape index (κ2) is 2.56. The standard InChI is InChI=1S/C7H10N2O/c1-6-3-4-7(5-8-10)9(6)2/h3-5,10H,1-2H3. The molecule has 0 amide bonds. The van der Waals surface area contributed by atoms with E-state index in [1.54, 1.807) is 0 Å². The maximum atomic E-state index is 8.21. The van der Waals surface area contributed by atoms with E-state index < -0.39 is 0 Å². The van der Waals surface area contributed by atoms with E-state index >= 15 is 0 Å². The molecular weight excluding hydrogens is 128 g/mol. The van der Waals surface area contributed by atoms with Gasteiger partial charge in [0.1, 0.15) is 0 Å². The number of oxime groups is 1. The first-order chi connectivity index (χ1) is 4.75. The minimum atomic E-state index is 0.903. The van der Waals surface area contributed by atoms with Gasteiger partial charge in [-0.1, -0.05) is 5.16 Å². The van der Waals surface area contributed by atoms with E-state index in [0.29, 0.717) is 0 Å². The number of hydrogen-bond acceptors (Lipinski definition) is 2. The minimum Gasteiger partial charge on any atom is -0.411 e. The van der Waals surface area contributed by atoms with Crippen molar-refractivity contribution in [2.24, 2.45) is 12.2 Å². The second-order valence-corrected chi connectivity index (χ2v) is 2.20. The van der Waals surface area contributed by atoms with E-state index in [0.717, 1.165) is 11.4 Å². The number of aromatic nitrogens is 1. The summed E-state index contributed by atoms with van der Waals surface area (Å²) in [6.45, 7) is 1.99. The van der Waals surface area contributed by atoms with Crippen LogP contribution in [0.3, 0.4) is 0 Å². The molecule has 0 aliphatic carbocycles.